The summed E-state index contributed by atoms with van der Waals surface area (Å²) in [5.41, 5.74) is 0.533. The number of aromatic hydroxyl groups is 1. The normalized spacial score (nSPS) is 11.5. The minimum atomic E-state index is -3.96. The quantitative estimate of drug-likeness (QED) is 0.601. The van der Waals surface area contributed by atoms with Crippen LogP contribution in [-0.4, -0.2) is 34.0 Å². The SMILES string of the molecule is COc1cc(/C=N/NS(=O)(=O)c2cc(Cl)ccc2OC)ccc1O. The number of nitrogens with one attached hydrogen (secondary N) is 1. The van der Waals surface area contributed by atoms with Crippen molar-refractivity contribution < 1.29 is 23.0 Å². The summed E-state index contributed by atoms with van der Waals surface area (Å²) >= 11 is 5.83. The lowest BCUT2D eigenvalue weighted by atomic mass is 10.2. The number of nitrogens with zero attached hydrogens (tertiary/aromatic N) is 1. The van der Waals surface area contributed by atoms with E-state index in [1.165, 1.54) is 50.8 Å². The maximum atomic E-state index is 12.3. The molecular weight excluding hydrogens is 356 g/mol. The van der Waals surface area contributed by atoms with E-state index in [2.05, 4.69) is 9.93 Å². The fraction of sp³-hybridized carbons (Fsp3) is 0.133. The Labute approximate surface area is 144 Å². The Kier molecular flexibility index (Phi) is 5.53. The fourth-order valence-electron chi connectivity index (χ4n) is 1.85. The average Bonchev–Trinajstić information content (AvgIpc) is 2.56. The second-order valence-corrected chi connectivity index (χ2v) is 6.65. The largest absolute Gasteiger partial charge is 0.504 e. The maximum absolute atomic E-state index is 12.3. The molecule has 2 rings (SSSR count). The van der Waals surface area contributed by atoms with Crippen LogP contribution in [0.4, 0.5) is 0 Å². The average molecular weight is 371 g/mol. The summed E-state index contributed by atoms with van der Waals surface area (Å²) in [7, 11) is -1.20. The number of hydrogen-bond acceptors (Lipinski definition) is 6. The Balaban J connectivity index is 2.23. The first-order valence-corrected chi connectivity index (χ1v) is 8.49. The van der Waals surface area contributed by atoms with Crippen LogP contribution in [0.1, 0.15) is 5.56 Å². The Morgan fingerprint density at radius 3 is 2.50 bits per heavy atom. The fourth-order valence-corrected chi connectivity index (χ4v) is 3.08. The van der Waals surface area contributed by atoms with Gasteiger partial charge in [0.25, 0.3) is 10.0 Å². The molecule has 0 aromatic heterocycles. The first-order valence-electron chi connectivity index (χ1n) is 6.63. The maximum Gasteiger partial charge on any atom is 0.280 e. The number of phenolic OH excluding ortho intramolecular Hbond substituents is 1. The van der Waals surface area contributed by atoms with Gasteiger partial charge in [-0.1, -0.05) is 11.6 Å². The predicted octanol–water partition coefficient (Wildman–Crippen LogP) is 2.38. The van der Waals surface area contributed by atoms with E-state index in [9.17, 15) is 13.5 Å². The van der Waals surface area contributed by atoms with Gasteiger partial charge >= 0.3 is 0 Å². The second-order valence-electron chi connectivity index (χ2n) is 4.58. The van der Waals surface area contributed by atoms with Gasteiger partial charge in [-0.2, -0.15) is 18.4 Å². The Morgan fingerprint density at radius 1 is 1.12 bits per heavy atom. The molecule has 0 bridgehead atoms. The molecule has 24 heavy (non-hydrogen) atoms. The minimum absolute atomic E-state index is 0.0288. The lowest BCUT2D eigenvalue weighted by Gasteiger charge is -2.09. The van der Waals surface area contributed by atoms with E-state index in [-0.39, 0.29) is 27.2 Å². The van der Waals surface area contributed by atoms with Crippen molar-refractivity contribution in [3.8, 4) is 17.2 Å². The summed E-state index contributed by atoms with van der Waals surface area (Å²) in [6.07, 6.45) is 1.27. The third-order valence-corrected chi connectivity index (χ3v) is 4.48. The number of benzene rings is 2. The highest BCUT2D eigenvalue weighted by molar-refractivity contribution is 7.89. The van der Waals surface area contributed by atoms with Gasteiger partial charge in [0, 0.05) is 5.02 Å². The molecule has 0 heterocycles. The molecule has 0 radical (unpaired) electrons. The van der Waals surface area contributed by atoms with Crippen molar-refractivity contribution in [1.29, 1.82) is 0 Å². The van der Waals surface area contributed by atoms with Gasteiger partial charge in [0.15, 0.2) is 11.5 Å². The molecule has 0 spiro atoms. The summed E-state index contributed by atoms with van der Waals surface area (Å²) in [5, 5.41) is 13.5. The number of methoxy groups -OCH3 is 2. The highest BCUT2D eigenvalue weighted by atomic mass is 35.5. The van der Waals surface area contributed by atoms with Crippen LogP contribution in [0.2, 0.25) is 5.02 Å². The number of ether oxygens (including phenoxy) is 2. The van der Waals surface area contributed by atoms with Crippen molar-refractivity contribution >= 4 is 27.8 Å². The van der Waals surface area contributed by atoms with Gasteiger partial charge in [0.1, 0.15) is 10.6 Å². The zero-order valence-electron chi connectivity index (χ0n) is 12.9. The van der Waals surface area contributed by atoms with Crippen molar-refractivity contribution in [3.05, 3.63) is 47.0 Å². The third-order valence-electron chi connectivity index (χ3n) is 3.01. The molecule has 2 aromatic carbocycles. The Bertz CT molecular complexity index is 868. The van der Waals surface area contributed by atoms with Crippen molar-refractivity contribution in [2.75, 3.05) is 14.2 Å². The van der Waals surface area contributed by atoms with Gasteiger partial charge < -0.3 is 14.6 Å². The van der Waals surface area contributed by atoms with E-state index in [4.69, 9.17) is 21.1 Å². The lowest BCUT2D eigenvalue weighted by Crippen LogP contribution is -2.19. The lowest BCUT2D eigenvalue weighted by molar-refractivity contribution is 0.373. The third kappa shape index (κ3) is 4.09. The van der Waals surface area contributed by atoms with Crippen LogP contribution in [0.3, 0.4) is 0 Å². The van der Waals surface area contributed by atoms with E-state index in [1.807, 2.05) is 0 Å². The van der Waals surface area contributed by atoms with Crippen molar-refractivity contribution in [3.63, 3.8) is 0 Å². The van der Waals surface area contributed by atoms with Crippen LogP contribution in [0.15, 0.2) is 46.4 Å². The first kappa shape index (κ1) is 17.9. The van der Waals surface area contributed by atoms with E-state index < -0.39 is 10.0 Å². The van der Waals surface area contributed by atoms with Crippen LogP contribution in [0.25, 0.3) is 0 Å². The Morgan fingerprint density at radius 2 is 1.83 bits per heavy atom. The van der Waals surface area contributed by atoms with Gasteiger partial charge in [0.2, 0.25) is 0 Å². The molecule has 9 heteroatoms. The molecule has 2 aromatic rings. The van der Waals surface area contributed by atoms with Crippen LogP contribution in [0.5, 0.6) is 17.2 Å². The molecule has 0 unspecified atom stereocenters. The molecule has 0 atom stereocenters. The Hall–Kier alpha value is -2.45. The summed E-state index contributed by atoms with van der Waals surface area (Å²) in [6.45, 7) is 0. The summed E-state index contributed by atoms with van der Waals surface area (Å²) in [6, 6.07) is 8.70. The number of phenols is 1. The number of sulfonamides is 1. The molecule has 0 fully saturated rings. The van der Waals surface area contributed by atoms with E-state index >= 15 is 0 Å². The highest BCUT2D eigenvalue weighted by Gasteiger charge is 2.19. The molecule has 2 N–H and O–H groups in total. The molecule has 0 aliphatic heterocycles. The zero-order valence-corrected chi connectivity index (χ0v) is 14.4. The molecule has 128 valence electrons. The molecule has 0 saturated carbocycles. The van der Waals surface area contributed by atoms with Crippen LogP contribution in [-0.2, 0) is 10.0 Å². The van der Waals surface area contributed by atoms with E-state index in [0.29, 0.717) is 5.56 Å². The van der Waals surface area contributed by atoms with Crippen molar-refractivity contribution in [2.45, 2.75) is 4.90 Å². The van der Waals surface area contributed by atoms with E-state index in [0.717, 1.165) is 0 Å². The smallest absolute Gasteiger partial charge is 0.280 e. The highest BCUT2D eigenvalue weighted by Crippen LogP contribution is 2.27. The monoisotopic (exact) mass is 370 g/mol. The molecule has 7 nitrogen and oxygen atoms in total. The van der Waals surface area contributed by atoms with Gasteiger partial charge in [-0.05, 0) is 42.0 Å². The van der Waals surface area contributed by atoms with Gasteiger partial charge in [-0.3, -0.25) is 0 Å². The minimum Gasteiger partial charge on any atom is -0.504 e. The molecule has 0 aliphatic carbocycles. The summed E-state index contributed by atoms with van der Waals surface area (Å²) in [4.78, 5) is 1.95. The standard InChI is InChI=1S/C15H15ClN2O5S/c1-22-13-6-4-11(16)8-15(13)24(20,21)18-17-9-10-3-5-12(19)14(7-10)23-2/h3-9,18-19H,1-2H3/b17-9+. The molecule has 0 amide bonds. The van der Waals surface area contributed by atoms with Crippen LogP contribution >= 0.6 is 11.6 Å². The number of halogens is 1. The summed E-state index contributed by atoms with van der Waals surface area (Å²) < 4.78 is 34.6. The predicted molar refractivity (Wildman–Crippen MR) is 90.6 cm³/mol. The number of rotatable bonds is 6. The zero-order chi connectivity index (χ0) is 17.7. The summed E-state index contributed by atoms with van der Waals surface area (Å²) in [5.74, 6) is 0.366. The van der Waals surface area contributed by atoms with Crippen LogP contribution in [0, 0.1) is 0 Å². The molecule has 0 saturated heterocycles. The van der Waals surface area contributed by atoms with Crippen LogP contribution < -0.4 is 14.3 Å². The first-order chi connectivity index (χ1) is 11.4. The van der Waals surface area contributed by atoms with Gasteiger partial charge in [0.05, 0.1) is 20.4 Å². The molecule has 0 aliphatic rings. The topological polar surface area (TPSA) is 97.2 Å². The second kappa shape index (κ2) is 7.41. The van der Waals surface area contributed by atoms with Gasteiger partial charge in [-0.15, -0.1) is 0 Å². The van der Waals surface area contributed by atoms with Crippen molar-refractivity contribution in [1.82, 2.24) is 4.83 Å². The van der Waals surface area contributed by atoms with E-state index in [1.54, 1.807) is 6.07 Å². The molecular formula is C15H15ClN2O5S. The van der Waals surface area contributed by atoms with Gasteiger partial charge in [-0.25, -0.2) is 0 Å². The number of hydrazone groups is 1. The van der Waals surface area contributed by atoms with Crippen molar-refractivity contribution in [2.24, 2.45) is 5.10 Å². The number of hydrogen-bond donors (Lipinski definition) is 2.